The molecule has 0 bridgehead atoms. The van der Waals surface area contributed by atoms with Gasteiger partial charge in [0.2, 0.25) is 0 Å². The lowest BCUT2D eigenvalue weighted by Crippen LogP contribution is -2.15. The van der Waals surface area contributed by atoms with Crippen molar-refractivity contribution in [3.8, 4) is 11.5 Å². The number of anilines is 2. The predicted octanol–water partition coefficient (Wildman–Crippen LogP) is 4.49. The SMILES string of the molecule is COc1ccc(OCCNc2ccnc(C(=O)Nc3ccccc3Cl)c2)cc1. The Labute approximate surface area is 168 Å². The molecule has 0 unspecified atom stereocenters. The van der Waals surface area contributed by atoms with E-state index in [0.29, 0.717) is 29.6 Å². The van der Waals surface area contributed by atoms with E-state index in [1.54, 1.807) is 49.7 Å². The number of pyridine rings is 1. The zero-order valence-electron chi connectivity index (χ0n) is 15.3. The van der Waals surface area contributed by atoms with Crippen LogP contribution in [0.3, 0.4) is 0 Å². The van der Waals surface area contributed by atoms with Gasteiger partial charge in [0.15, 0.2) is 0 Å². The molecule has 1 heterocycles. The monoisotopic (exact) mass is 397 g/mol. The predicted molar refractivity (Wildman–Crippen MR) is 111 cm³/mol. The van der Waals surface area contributed by atoms with E-state index in [1.807, 2.05) is 24.3 Å². The van der Waals surface area contributed by atoms with Gasteiger partial charge in [-0.2, -0.15) is 0 Å². The average Bonchev–Trinajstić information content (AvgIpc) is 2.73. The molecule has 1 amide bonds. The lowest BCUT2D eigenvalue weighted by Gasteiger charge is -2.10. The number of rotatable bonds is 8. The summed E-state index contributed by atoms with van der Waals surface area (Å²) < 4.78 is 10.8. The number of amides is 1. The van der Waals surface area contributed by atoms with E-state index in [2.05, 4.69) is 15.6 Å². The third-order valence-corrected chi connectivity index (χ3v) is 4.20. The molecule has 0 aliphatic rings. The van der Waals surface area contributed by atoms with Crippen molar-refractivity contribution in [2.24, 2.45) is 0 Å². The number of hydrogen-bond donors (Lipinski definition) is 2. The molecule has 28 heavy (non-hydrogen) atoms. The van der Waals surface area contributed by atoms with Crippen molar-refractivity contribution in [1.82, 2.24) is 4.98 Å². The van der Waals surface area contributed by atoms with E-state index in [4.69, 9.17) is 21.1 Å². The first-order valence-electron chi connectivity index (χ1n) is 8.68. The highest BCUT2D eigenvalue weighted by Gasteiger charge is 2.10. The Kier molecular flexibility index (Phi) is 6.70. The van der Waals surface area contributed by atoms with Gasteiger partial charge in [0, 0.05) is 18.4 Å². The number of nitrogens with zero attached hydrogens (tertiary/aromatic N) is 1. The van der Waals surface area contributed by atoms with Crippen molar-refractivity contribution < 1.29 is 14.3 Å². The minimum atomic E-state index is -0.328. The number of carbonyl (C=O) groups excluding carboxylic acids is 1. The molecule has 144 valence electrons. The van der Waals surface area contributed by atoms with Crippen LogP contribution in [0.15, 0.2) is 66.9 Å². The van der Waals surface area contributed by atoms with Crippen LogP contribution in [0.2, 0.25) is 5.02 Å². The summed E-state index contributed by atoms with van der Waals surface area (Å²) in [6.07, 6.45) is 1.58. The van der Waals surface area contributed by atoms with Crippen molar-refractivity contribution in [3.63, 3.8) is 0 Å². The van der Waals surface area contributed by atoms with Gasteiger partial charge in [-0.25, -0.2) is 0 Å². The Morgan fingerprint density at radius 1 is 1.07 bits per heavy atom. The first-order chi connectivity index (χ1) is 13.7. The second kappa shape index (κ2) is 9.62. The number of benzene rings is 2. The van der Waals surface area contributed by atoms with E-state index >= 15 is 0 Å². The third kappa shape index (κ3) is 5.37. The fraction of sp³-hybridized carbons (Fsp3) is 0.143. The first kappa shape index (κ1) is 19.5. The minimum absolute atomic E-state index is 0.293. The van der Waals surface area contributed by atoms with Gasteiger partial charge in [-0.1, -0.05) is 23.7 Å². The number of para-hydroxylation sites is 1. The fourth-order valence-electron chi connectivity index (χ4n) is 2.45. The molecule has 0 aliphatic heterocycles. The molecule has 0 fully saturated rings. The van der Waals surface area contributed by atoms with Gasteiger partial charge in [-0.15, -0.1) is 0 Å². The van der Waals surface area contributed by atoms with Crippen molar-refractivity contribution in [2.75, 3.05) is 30.9 Å². The number of nitrogens with one attached hydrogen (secondary N) is 2. The summed E-state index contributed by atoms with van der Waals surface area (Å²) in [6.45, 7) is 1.04. The summed E-state index contributed by atoms with van der Waals surface area (Å²) in [6, 6.07) is 17.9. The van der Waals surface area contributed by atoms with Crippen LogP contribution in [-0.4, -0.2) is 31.2 Å². The molecule has 3 rings (SSSR count). The number of ether oxygens (including phenoxy) is 2. The molecule has 2 N–H and O–H groups in total. The fourth-order valence-corrected chi connectivity index (χ4v) is 2.63. The maximum absolute atomic E-state index is 12.4. The number of hydrogen-bond acceptors (Lipinski definition) is 5. The molecular weight excluding hydrogens is 378 g/mol. The van der Waals surface area contributed by atoms with Crippen molar-refractivity contribution in [2.45, 2.75) is 0 Å². The van der Waals surface area contributed by atoms with Gasteiger partial charge in [-0.05, 0) is 48.5 Å². The van der Waals surface area contributed by atoms with Crippen LogP contribution in [0, 0.1) is 0 Å². The summed E-state index contributed by atoms with van der Waals surface area (Å²) in [5, 5.41) is 6.44. The smallest absolute Gasteiger partial charge is 0.274 e. The van der Waals surface area contributed by atoms with E-state index in [0.717, 1.165) is 17.2 Å². The lowest BCUT2D eigenvalue weighted by atomic mass is 10.2. The van der Waals surface area contributed by atoms with E-state index in [-0.39, 0.29) is 5.91 Å². The number of halogens is 1. The lowest BCUT2D eigenvalue weighted by molar-refractivity contribution is 0.102. The summed E-state index contributed by atoms with van der Waals surface area (Å²) in [4.78, 5) is 16.5. The van der Waals surface area contributed by atoms with Gasteiger partial charge in [0.05, 0.1) is 17.8 Å². The first-order valence-corrected chi connectivity index (χ1v) is 9.06. The second-order valence-electron chi connectivity index (χ2n) is 5.81. The number of aromatic nitrogens is 1. The molecule has 0 saturated carbocycles. The van der Waals surface area contributed by atoms with Gasteiger partial charge >= 0.3 is 0 Å². The highest BCUT2D eigenvalue weighted by Crippen LogP contribution is 2.21. The van der Waals surface area contributed by atoms with Crippen LogP contribution in [-0.2, 0) is 0 Å². The van der Waals surface area contributed by atoms with Gasteiger partial charge in [0.1, 0.15) is 23.8 Å². The average molecular weight is 398 g/mol. The third-order valence-electron chi connectivity index (χ3n) is 3.87. The van der Waals surface area contributed by atoms with Gasteiger partial charge in [0.25, 0.3) is 5.91 Å². The normalized spacial score (nSPS) is 10.2. The minimum Gasteiger partial charge on any atom is -0.497 e. The van der Waals surface area contributed by atoms with Gasteiger partial charge < -0.3 is 20.1 Å². The zero-order chi connectivity index (χ0) is 19.8. The van der Waals surface area contributed by atoms with Crippen LogP contribution in [0.4, 0.5) is 11.4 Å². The second-order valence-corrected chi connectivity index (χ2v) is 6.22. The molecule has 0 atom stereocenters. The molecule has 0 radical (unpaired) electrons. The molecule has 6 nitrogen and oxygen atoms in total. The number of carbonyl (C=O) groups is 1. The van der Waals surface area contributed by atoms with Crippen LogP contribution in [0.25, 0.3) is 0 Å². The molecule has 2 aromatic carbocycles. The molecule has 0 saturated heterocycles. The van der Waals surface area contributed by atoms with Crippen LogP contribution >= 0.6 is 11.6 Å². The summed E-state index contributed by atoms with van der Waals surface area (Å²) in [5.41, 5.74) is 1.61. The van der Waals surface area contributed by atoms with Gasteiger partial charge in [-0.3, -0.25) is 9.78 Å². The highest BCUT2D eigenvalue weighted by molar-refractivity contribution is 6.33. The Bertz CT molecular complexity index is 932. The highest BCUT2D eigenvalue weighted by atomic mass is 35.5. The maximum Gasteiger partial charge on any atom is 0.274 e. The molecule has 3 aromatic rings. The molecule has 1 aromatic heterocycles. The molecule has 0 spiro atoms. The Morgan fingerprint density at radius 2 is 1.82 bits per heavy atom. The van der Waals surface area contributed by atoms with Crippen molar-refractivity contribution >= 4 is 28.9 Å². The molecular formula is C21H20ClN3O3. The van der Waals surface area contributed by atoms with E-state index < -0.39 is 0 Å². The Morgan fingerprint density at radius 3 is 2.57 bits per heavy atom. The molecule has 0 aliphatic carbocycles. The van der Waals surface area contributed by atoms with Crippen LogP contribution in [0.1, 0.15) is 10.5 Å². The number of methoxy groups -OCH3 is 1. The van der Waals surface area contributed by atoms with E-state index in [1.165, 1.54) is 0 Å². The summed E-state index contributed by atoms with van der Waals surface area (Å²) >= 11 is 6.07. The molecule has 7 heteroatoms. The quantitative estimate of drug-likeness (QED) is 0.548. The van der Waals surface area contributed by atoms with Crippen molar-refractivity contribution in [3.05, 3.63) is 77.6 Å². The zero-order valence-corrected chi connectivity index (χ0v) is 16.1. The van der Waals surface area contributed by atoms with Crippen LogP contribution in [0.5, 0.6) is 11.5 Å². The largest absolute Gasteiger partial charge is 0.497 e. The van der Waals surface area contributed by atoms with E-state index in [9.17, 15) is 4.79 Å². The summed E-state index contributed by atoms with van der Waals surface area (Å²) in [5.74, 6) is 1.22. The van der Waals surface area contributed by atoms with Crippen molar-refractivity contribution in [1.29, 1.82) is 0 Å². The Hall–Kier alpha value is -3.25. The standard InChI is InChI=1S/C21H20ClN3O3/c1-27-16-6-8-17(9-7-16)28-13-12-23-15-10-11-24-20(14-15)21(26)25-19-5-3-2-4-18(19)22/h2-11,14H,12-13H2,1H3,(H,23,24)(H,25,26). The Balaban J connectivity index is 1.51. The maximum atomic E-state index is 12.4. The summed E-state index contributed by atoms with van der Waals surface area (Å²) in [7, 11) is 1.62. The topological polar surface area (TPSA) is 72.5 Å². The van der Waals surface area contributed by atoms with Crippen LogP contribution < -0.4 is 20.1 Å².